The smallest absolute Gasteiger partial charge is 0.274 e. The monoisotopic (exact) mass is 350 g/mol. The number of nitrogens with one attached hydrogen (secondary N) is 1. The topological polar surface area (TPSA) is 58.1 Å². The molecule has 2 aromatic rings. The molecular weight excluding hydrogens is 335 g/mol. The van der Waals surface area contributed by atoms with Crippen molar-refractivity contribution < 1.29 is 4.79 Å². The molecule has 1 aromatic carbocycles. The number of nitrogens with zero attached hydrogens (tertiary/aromatic N) is 3. The lowest BCUT2D eigenvalue weighted by molar-refractivity contribution is 0.102. The molecule has 0 saturated carbocycles. The number of carbonyl (C=O) groups is 1. The summed E-state index contributed by atoms with van der Waals surface area (Å²) in [5.74, 6) is 0.297. The number of hydrogen-bond acceptors (Lipinski definition) is 4. The molecule has 0 radical (unpaired) electrons. The average molecular weight is 351 g/mol. The molecule has 1 amide bonds. The molecule has 1 aliphatic rings. The van der Waals surface area contributed by atoms with Crippen LogP contribution in [0.25, 0.3) is 0 Å². The van der Waals surface area contributed by atoms with E-state index in [4.69, 9.17) is 23.2 Å². The molecule has 0 spiro atoms. The molecule has 1 aliphatic heterocycles. The minimum absolute atomic E-state index is 0.311. The molecule has 1 fully saturated rings. The Hall–Kier alpha value is -1.85. The van der Waals surface area contributed by atoms with Crippen molar-refractivity contribution in [2.24, 2.45) is 0 Å². The van der Waals surface area contributed by atoms with Gasteiger partial charge in [0.2, 0.25) is 5.95 Å². The third kappa shape index (κ3) is 3.92. The van der Waals surface area contributed by atoms with Gasteiger partial charge < -0.3 is 10.2 Å². The Kier molecular flexibility index (Phi) is 4.68. The number of rotatable bonds is 3. The molecule has 1 N–H and O–H groups in total. The van der Waals surface area contributed by atoms with Crippen molar-refractivity contribution in [1.82, 2.24) is 9.97 Å². The number of amides is 1. The quantitative estimate of drug-likeness (QED) is 0.910. The highest BCUT2D eigenvalue weighted by Crippen LogP contribution is 2.23. The normalized spacial score (nSPS) is 14.1. The van der Waals surface area contributed by atoms with Crippen LogP contribution in [0.4, 0.5) is 11.6 Å². The lowest BCUT2D eigenvalue weighted by Crippen LogP contribution is -2.23. The molecule has 7 heteroatoms. The van der Waals surface area contributed by atoms with Crippen LogP contribution in [-0.4, -0.2) is 29.0 Å². The number of hydrogen-bond donors (Lipinski definition) is 1. The van der Waals surface area contributed by atoms with Crippen LogP contribution in [0.3, 0.4) is 0 Å². The molecule has 2 heterocycles. The van der Waals surface area contributed by atoms with Gasteiger partial charge in [-0.2, -0.15) is 0 Å². The Morgan fingerprint density at radius 2 is 1.74 bits per heavy atom. The van der Waals surface area contributed by atoms with Gasteiger partial charge in [-0.1, -0.05) is 23.2 Å². The van der Waals surface area contributed by atoms with Gasteiger partial charge in [-0.15, -0.1) is 0 Å². The Bertz CT molecular complexity index is 725. The third-order valence-electron chi connectivity index (χ3n) is 3.58. The number of anilines is 2. The predicted molar refractivity (Wildman–Crippen MR) is 92.6 cm³/mol. The van der Waals surface area contributed by atoms with Crippen LogP contribution in [0.15, 0.2) is 24.3 Å². The molecule has 0 aliphatic carbocycles. The highest BCUT2D eigenvalue weighted by Gasteiger charge is 2.18. The molecule has 5 nitrogen and oxygen atoms in total. The lowest BCUT2D eigenvalue weighted by Gasteiger charge is -2.16. The fourth-order valence-electron chi connectivity index (χ4n) is 2.55. The van der Waals surface area contributed by atoms with E-state index < -0.39 is 0 Å². The van der Waals surface area contributed by atoms with Crippen molar-refractivity contribution in [2.75, 3.05) is 23.3 Å². The van der Waals surface area contributed by atoms with E-state index in [-0.39, 0.29) is 5.91 Å². The van der Waals surface area contributed by atoms with Crippen LogP contribution in [0.5, 0.6) is 0 Å². The van der Waals surface area contributed by atoms with Crippen molar-refractivity contribution in [3.05, 3.63) is 45.7 Å². The summed E-state index contributed by atoms with van der Waals surface area (Å²) in [4.78, 5) is 23.4. The largest absolute Gasteiger partial charge is 0.341 e. The van der Waals surface area contributed by atoms with E-state index in [1.54, 1.807) is 24.3 Å². The minimum Gasteiger partial charge on any atom is -0.341 e. The molecule has 23 heavy (non-hydrogen) atoms. The van der Waals surface area contributed by atoms with Crippen LogP contribution in [0.1, 0.15) is 29.0 Å². The van der Waals surface area contributed by atoms with Gasteiger partial charge in [-0.25, -0.2) is 9.97 Å². The molecule has 3 rings (SSSR count). The van der Waals surface area contributed by atoms with Crippen molar-refractivity contribution in [2.45, 2.75) is 19.8 Å². The number of halogens is 2. The predicted octanol–water partition coefficient (Wildman–Crippen LogP) is 3.94. The second-order valence-corrected chi connectivity index (χ2v) is 6.37. The summed E-state index contributed by atoms with van der Waals surface area (Å²) in [5, 5.41) is 3.69. The highest BCUT2D eigenvalue weighted by molar-refractivity contribution is 6.35. The zero-order valence-electron chi connectivity index (χ0n) is 12.6. The Labute approximate surface area is 144 Å². The van der Waals surface area contributed by atoms with E-state index in [0.29, 0.717) is 27.4 Å². The van der Waals surface area contributed by atoms with Gasteiger partial charge in [0.1, 0.15) is 5.69 Å². The van der Waals surface area contributed by atoms with Crippen molar-refractivity contribution in [3.8, 4) is 0 Å². The van der Waals surface area contributed by atoms with Gasteiger partial charge in [0.05, 0.1) is 0 Å². The van der Waals surface area contributed by atoms with E-state index in [1.807, 2.05) is 6.92 Å². The molecule has 0 atom stereocenters. The summed E-state index contributed by atoms with van der Waals surface area (Å²) in [6.07, 6.45) is 2.25. The van der Waals surface area contributed by atoms with E-state index in [2.05, 4.69) is 20.2 Å². The summed E-state index contributed by atoms with van der Waals surface area (Å²) < 4.78 is 0. The average Bonchev–Trinajstić information content (AvgIpc) is 2.99. The zero-order valence-corrected chi connectivity index (χ0v) is 14.2. The second-order valence-electron chi connectivity index (χ2n) is 5.50. The molecule has 120 valence electrons. The van der Waals surface area contributed by atoms with Gasteiger partial charge in [0.25, 0.3) is 5.91 Å². The van der Waals surface area contributed by atoms with Crippen LogP contribution in [0.2, 0.25) is 10.0 Å². The van der Waals surface area contributed by atoms with Gasteiger partial charge in [-0.3, -0.25) is 4.79 Å². The van der Waals surface area contributed by atoms with Crippen molar-refractivity contribution in [1.29, 1.82) is 0 Å². The molecule has 1 aromatic heterocycles. The van der Waals surface area contributed by atoms with Gasteiger partial charge >= 0.3 is 0 Å². The highest BCUT2D eigenvalue weighted by atomic mass is 35.5. The third-order valence-corrected chi connectivity index (χ3v) is 4.02. The fraction of sp³-hybridized carbons (Fsp3) is 0.312. The zero-order chi connectivity index (χ0) is 16.4. The van der Waals surface area contributed by atoms with Crippen LogP contribution >= 0.6 is 23.2 Å². The number of aromatic nitrogens is 2. The maximum Gasteiger partial charge on any atom is 0.274 e. The van der Waals surface area contributed by atoms with Crippen LogP contribution in [-0.2, 0) is 0 Å². The summed E-state index contributed by atoms with van der Waals surface area (Å²) in [7, 11) is 0. The van der Waals surface area contributed by atoms with Gasteiger partial charge in [0.15, 0.2) is 0 Å². The molecule has 0 unspecified atom stereocenters. The molecular formula is C16H16Cl2N4O. The summed E-state index contributed by atoms with van der Waals surface area (Å²) in [5.41, 5.74) is 1.62. The first-order valence-corrected chi connectivity index (χ1v) is 8.15. The van der Waals surface area contributed by atoms with Crippen LogP contribution in [0, 0.1) is 6.92 Å². The van der Waals surface area contributed by atoms with E-state index >= 15 is 0 Å². The van der Waals surface area contributed by atoms with E-state index in [0.717, 1.165) is 31.6 Å². The van der Waals surface area contributed by atoms with Crippen molar-refractivity contribution in [3.63, 3.8) is 0 Å². The van der Waals surface area contributed by atoms with Crippen LogP contribution < -0.4 is 10.2 Å². The number of carbonyl (C=O) groups excluding carboxylic acids is 1. The SMILES string of the molecule is Cc1cc(C(=O)Nc2cc(Cl)cc(Cl)c2)nc(N2CCCC2)n1. The molecule has 0 bridgehead atoms. The number of benzene rings is 1. The summed E-state index contributed by atoms with van der Waals surface area (Å²) in [6.45, 7) is 3.71. The Morgan fingerprint density at radius 3 is 2.39 bits per heavy atom. The maximum atomic E-state index is 12.4. The summed E-state index contributed by atoms with van der Waals surface area (Å²) >= 11 is 11.9. The lowest BCUT2D eigenvalue weighted by atomic mass is 10.3. The second kappa shape index (κ2) is 6.72. The summed E-state index contributed by atoms with van der Waals surface area (Å²) in [6, 6.07) is 6.56. The first-order chi connectivity index (χ1) is 11.0. The first-order valence-electron chi connectivity index (χ1n) is 7.39. The molecule has 1 saturated heterocycles. The minimum atomic E-state index is -0.311. The first kappa shape index (κ1) is 16.0. The van der Waals surface area contributed by atoms with Gasteiger partial charge in [0, 0.05) is 34.5 Å². The number of aryl methyl sites for hydroxylation is 1. The van der Waals surface area contributed by atoms with Gasteiger partial charge in [-0.05, 0) is 44.0 Å². The fourth-order valence-corrected chi connectivity index (χ4v) is 3.07. The Balaban J connectivity index is 1.84. The maximum absolute atomic E-state index is 12.4. The van der Waals surface area contributed by atoms with Crippen molar-refractivity contribution >= 4 is 40.7 Å². The Morgan fingerprint density at radius 1 is 1.09 bits per heavy atom. The standard InChI is InChI=1S/C16H16Cl2N4O/c1-10-6-14(21-16(19-10)22-4-2-3-5-22)15(23)20-13-8-11(17)7-12(18)9-13/h6-9H,2-5H2,1H3,(H,20,23). The van der Waals surface area contributed by atoms with E-state index in [1.165, 1.54) is 0 Å². The van der Waals surface area contributed by atoms with E-state index in [9.17, 15) is 4.79 Å².